The lowest BCUT2D eigenvalue weighted by molar-refractivity contribution is -0.139. The lowest BCUT2D eigenvalue weighted by Crippen LogP contribution is -2.48. The van der Waals surface area contributed by atoms with Gasteiger partial charge < -0.3 is 15.7 Å². The van der Waals surface area contributed by atoms with E-state index in [1.165, 1.54) is 25.7 Å². The molecule has 3 fully saturated rings. The van der Waals surface area contributed by atoms with Crippen LogP contribution < -0.4 is 10.6 Å². The molecule has 100 valence electrons. The Morgan fingerprint density at radius 3 is 2.33 bits per heavy atom. The molecule has 3 aliphatic rings. The fourth-order valence-electron chi connectivity index (χ4n) is 2.84. The van der Waals surface area contributed by atoms with Crippen LogP contribution in [0.5, 0.6) is 0 Å². The number of hydrogen-bond donors (Lipinski definition) is 3. The number of amides is 2. The summed E-state index contributed by atoms with van der Waals surface area (Å²) >= 11 is 0. The van der Waals surface area contributed by atoms with Gasteiger partial charge in [-0.2, -0.15) is 0 Å². The molecule has 0 aromatic rings. The highest BCUT2D eigenvalue weighted by Gasteiger charge is 2.53. The van der Waals surface area contributed by atoms with Crippen molar-refractivity contribution in [3.8, 4) is 0 Å². The molecule has 1 atom stereocenters. The van der Waals surface area contributed by atoms with Gasteiger partial charge in [-0.25, -0.2) is 9.59 Å². The number of carbonyl (C=O) groups excluding carboxylic acids is 1. The summed E-state index contributed by atoms with van der Waals surface area (Å²) in [4.78, 5) is 22.7. The van der Waals surface area contributed by atoms with Crippen molar-refractivity contribution in [2.24, 2.45) is 17.3 Å². The average molecular weight is 252 g/mol. The molecular formula is C13H20N2O3. The summed E-state index contributed by atoms with van der Waals surface area (Å²) < 4.78 is 0. The third-order valence-electron chi connectivity index (χ3n) is 4.58. The van der Waals surface area contributed by atoms with Gasteiger partial charge in [0.2, 0.25) is 0 Å². The lowest BCUT2D eigenvalue weighted by Gasteiger charge is -2.18. The number of rotatable bonds is 6. The van der Waals surface area contributed by atoms with Gasteiger partial charge in [-0.1, -0.05) is 0 Å². The Kier molecular flexibility index (Phi) is 2.72. The van der Waals surface area contributed by atoms with E-state index >= 15 is 0 Å². The SMILES string of the molecule is O=C(NCC1(C2CC2)CC1)NC(C(=O)O)C1CC1. The summed E-state index contributed by atoms with van der Waals surface area (Å²) in [6, 6.07) is -1.03. The number of hydrogen-bond acceptors (Lipinski definition) is 2. The van der Waals surface area contributed by atoms with E-state index in [1.54, 1.807) is 0 Å². The second-order valence-corrected chi connectivity index (χ2v) is 6.12. The number of nitrogens with one attached hydrogen (secondary N) is 2. The molecule has 5 heteroatoms. The van der Waals surface area contributed by atoms with Gasteiger partial charge in [0.15, 0.2) is 0 Å². The summed E-state index contributed by atoms with van der Waals surface area (Å²) in [7, 11) is 0. The van der Waals surface area contributed by atoms with Gasteiger partial charge in [0.1, 0.15) is 6.04 Å². The van der Waals surface area contributed by atoms with Crippen LogP contribution in [0, 0.1) is 17.3 Å². The van der Waals surface area contributed by atoms with Gasteiger partial charge in [0, 0.05) is 6.54 Å². The highest BCUT2D eigenvalue weighted by Crippen LogP contribution is 2.60. The maximum Gasteiger partial charge on any atom is 0.326 e. The normalized spacial score (nSPS) is 26.2. The Morgan fingerprint density at radius 2 is 1.89 bits per heavy atom. The molecule has 0 aromatic heterocycles. The van der Waals surface area contributed by atoms with Crippen LogP contribution in [0.2, 0.25) is 0 Å². The highest BCUT2D eigenvalue weighted by molar-refractivity contribution is 5.83. The molecule has 0 heterocycles. The molecule has 0 aliphatic heterocycles. The van der Waals surface area contributed by atoms with E-state index in [2.05, 4.69) is 10.6 Å². The maximum atomic E-state index is 11.7. The molecule has 18 heavy (non-hydrogen) atoms. The van der Waals surface area contributed by atoms with Crippen LogP contribution in [-0.4, -0.2) is 29.7 Å². The minimum absolute atomic E-state index is 0.131. The zero-order valence-electron chi connectivity index (χ0n) is 10.4. The first-order chi connectivity index (χ1) is 8.61. The van der Waals surface area contributed by atoms with Crippen molar-refractivity contribution in [2.75, 3.05) is 6.54 Å². The Morgan fingerprint density at radius 1 is 1.22 bits per heavy atom. The molecule has 2 amide bonds. The molecule has 0 saturated heterocycles. The molecule has 3 saturated carbocycles. The van der Waals surface area contributed by atoms with E-state index in [-0.39, 0.29) is 11.9 Å². The quantitative estimate of drug-likeness (QED) is 0.667. The van der Waals surface area contributed by atoms with Crippen LogP contribution >= 0.6 is 0 Å². The molecule has 3 aliphatic carbocycles. The van der Waals surface area contributed by atoms with Gasteiger partial charge in [0.25, 0.3) is 0 Å². The van der Waals surface area contributed by atoms with Crippen LogP contribution in [0.4, 0.5) is 4.79 Å². The van der Waals surface area contributed by atoms with Gasteiger partial charge in [0.05, 0.1) is 0 Å². The minimum Gasteiger partial charge on any atom is -0.480 e. The first-order valence-corrected chi connectivity index (χ1v) is 6.88. The average Bonchev–Trinajstić information content (AvgIpc) is 3.12. The van der Waals surface area contributed by atoms with E-state index in [4.69, 9.17) is 5.11 Å². The number of urea groups is 1. The molecule has 3 rings (SSSR count). The van der Waals surface area contributed by atoms with Crippen LogP contribution in [-0.2, 0) is 4.79 Å². The predicted octanol–water partition coefficient (Wildman–Crippen LogP) is 1.34. The number of carboxylic acids is 1. The summed E-state index contributed by atoms with van der Waals surface area (Å²) in [6.45, 7) is 0.709. The molecule has 3 N–H and O–H groups in total. The van der Waals surface area contributed by atoms with Gasteiger partial charge in [-0.3, -0.25) is 0 Å². The number of carbonyl (C=O) groups is 2. The zero-order chi connectivity index (χ0) is 12.8. The Hall–Kier alpha value is -1.26. The molecule has 5 nitrogen and oxygen atoms in total. The minimum atomic E-state index is -0.920. The summed E-state index contributed by atoms with van der Waals surface area (Å²) in [5, 5.41) is 14.5. The Labute approximate surface area is 106 Å². The highest BCUT2D eigenvalue weighted by atomic mass is 16.4. The van der Waals surface area contributed by atoms with Crippen molar-refractivity contribution >= 4 is 12.0 Å². The van der Waals surface area contributed by atoms with Gasteiger partial charge in [-0.15, -0.1) is 0 Å². The van der Waals surface area contributed by atoms with E-state index in [1.807, 2.05) is 0 Å². The molecule has 0 bridgehead atoms. The second kappa shape index (κ2) is 4.14. The molecule has 0 spiro atoms. The van der Waals surface area contributed by atoms with Crippen molar-refractivity contribution in [2.45, 2.75) is 44.6 Å². The van der Waals surface area contributed by atoms with Crippen LogP contribution in [0.1, 0.15) is 38.5 Å². The predicted molar refractivity (Wildman–Crippen MR) is 65.1 cm³/mol. The largest absolute Gasteiger partial charge is 0.480 e. The smallest absolute Gasteiger partial charge is 0.326 e. The van der Waals surface area contributed by atoms with Crippen molar-refractivity contribution in [1.82, 2.24) is 10.6 Å². The maximum absolute atomic E-state index is 11.7. The molecule has 1 unspecified atom stereocenters. The van der Waals surface area contributed by atoms with Crippen molar-refractivity contribution < 1.29 is 14.7 Å². The summed E-state index contributed by atoms with van der Waals surface area (Å²) in [5.74, 6) is 0.0130. The third-order valence-corrected chi connectivity index (χ3v) is 4.58. The van der Waals surface area contributed by atoms with Gasteiger partial charge in [-0.05, 0) is 55.8 Å². The number of carboxylic acid groups (broad SMARTS) is 1. The number of aliphatic carboxylic acids is 1. The first kappa shape index (κ1) is 11.8. The van der Waals surface area contributed by atoms with Crippen LogP contribution in [0.25, 0.3) is 0 Å². The molecule has 0 radical (unpaired) electrons. The van der Waals surface area contributed by atoms with Crippen molar-refractivity contribution in [1.29, 1.82) is 0 Å². The lowest BCUT2D eigenvalue weighted by atomic mass is 10.0. The summed E-state index contributed by atoms with van der Waals surface area (Å²) in [6.07, 6.45) is 6.82. The van der Waals surface area contributed by atoms with Crippen molar-refractivity contribution in [3.05, 3.63) is 0 Å². The van der Waals surface area contributed by atoms with E-state index < -0.39 is 12.0 Å². The van der Waals surface area contributed by atoms with E-state index in [0.29, 0.717) is 12.0 Å². The summed E-state index contributed by atoms with van der Waals surface area (Å²) in [5.41, 5.74) is 0.357. The Bertz CT molecular complexity index is 370. The topological polar surface area (TPSA) is 78.4 Å². The third kappa shape index (κ3) is 2.44. The zero-order valence-corrected chi connectivity index (χ0v) is 10.4. The fourth-order valence-corrected chi connectivity index (χ4v) is 2.84. The monoisotopic (exact) mass is 252 g/mol. The van der Waals surface area contributed by atoms with Crippen molar-refractivity contribution in [3.63, 3.8) is 0 Å². The standard InChI is InChI=1S/C13H20N2O3/c16-11(17)10(8-1-2-8)15-12(18)14-7-13(5-6-13)9-3-4-9/h8-10H,1-7H2,(H,16,17)(H2,14,15,18). The van der Waals surface area contributed by atoms with E-state index in [9.17, 15) is 9.59 Å². The Balaban J connectivity index is 1.45. The first-order valence-electron chi connectivity index (χ1n) is 6.88. The van der Waals surface area contributed by atoms with Crippen LogP contribution in [0.15, 0.2) is 0 Å². The van der Waals surface area contributed by atoms with Crippen LogP contribution in [0.3, 0.4) is 0 Å². The van der Waals surface area contributed by atoms with Gasteiger partial charge >= 0.3 is 12.0 Å². The molecular weight excluding hydrogens is 232 g/mol. The van der Waals surface area contributed by atoms with E-state index in [0.717, 1.165) is 18.8 Å². The fraction of sp³-hybridized carbons (Fsp3) is 0.846. The second-order valence-electron chi connectivity index (χ2n) is 6.12. The molecule has 0 aromatic carbocycles.